The van der Waals surface area contributed by atoms with Crippen LogP contribution in [0.1, 0.15) is 22.6 Å². The van der Waals surface area contributed by atoms with Crippen molar-refractivity contribution in [1.29, 1.82) is 0 Å². The Morgan fingerprint density at radius 1 is 0.731 bits per heavy atom. The molecule has 0 saturated heterocycles. The summed E-state index contributed by atoms with van der Waals surface area (Å²) in [5, 5.41) is 0. The zero-order valence-corrected chi connectivity index (χ0v) is 14.4. The van der Waals surface area contributed by atoms with Crippen LogP contribution in [0.2, 0.25) is 0 Å². The maximum Gasteiger partial charge on any atom is 0.0702 e. The van der Waals surface area contributed by atoms with Gasteiger partial charge in [-0.15, -0.1) is 0 Å². The molecule has 0 amide bonds. The lowest BCUT2D eigenvalue weighted by atomic mass is 9.72. The SMILES string of the molecule is C1=CC2C=C(c3ccccc3)c3ccc(-c4ccccn4)cc3C2C=C1. The lowest BCUT2D eigenvalue weighted by Crippen LogP contribution is -2.16. The average molecular weight is 333 g/mol. The average Bonchev–Trinajstić information content (AvgIpc) is 2.74. The summed E-state index contributed by atoms with van der Waals surface area (Å²) >= 11 is 0. The van der Waals surface area contributed by atoms with Crippen LogP contribution in [0.15, 0.2) is 103 Å². The summed E-state index contributed by atoms with van der Waals surface area (Å²) in [6.45, 7) is 0. The molecule has 0 aliphatic heterocycles. The fourth-order valence-electron chi connectivity index (χ4n) is 4.02. The van der Waals surface area contributed by atoms with E-state index >= 15 is 0 Å². The molecule has 2 aromatic carbocycles. The van der Waals surface area contributed by atoms with Crippen LogP contribution in [-0.2, 0) is 0 Å². The normalized spacial score (nSPS) is 20.2. The maximum atomic E-state index is 4.53. The highest BCUT2D eigenvalue weighted by Gasteiger charge is 2.28. The maximum absolute atomic E-state index is 4.53. The lowest BCUT2D eigenvalue weighted by molar-refractivity contribution is 0.689. The van der Waals surface area contributed by atoms with E-state index in [0.717, 1.165) is 5.69 Å². The van der Waals surface area contributed by atoms with Gasteiger partial charge in [0.25, 0.3) is 0 Å². The van der Waals surface area contributed by atoms with Gasteiger partial charge in [0.1, 0.15) is 0 Å². The zero-order chi connectivity index (χ0) is 17.3. The standard InChI is InChI=1S/C25H19N/c1-2-8-18(9-3-1)23-16-19-10-4-5-11-21(19)24-17-20(13-14-22(23)24)25-12-6-7-15-26-25/h1-17,19,21H. The van der Waals surface area contributed by atoms with E-state index in [-0.39, 0.29) is 0 Å². The Hall–Kier alpha value is -3.19. The first-order valence-corrected chi connectivity index (χ1v) is 9.08. The highest BCUT2D eigenvalue weighted by atomic mass is 14.7. The van der Waals surface area contributed by atoms with Gasteiger partial charge in [0.05, 0.1) is 5.69 Å². The molecule has 2 atom stereocenters. The Bertz CT molecular complexity index is 1030. The third-order valence-electron chi connectivity index (χ3n) is 5.28. The van der Waals surface area contributed by atoms with E-state index in [2.05, 4.69) is 90.0 Å². The molecule has 2 aliphatic rings. The molecular weight excluding hydrogens is 314 g/mol. The number of aromatic nitrogens is 1. The Morgan fingerprint density at radius 3 is 2.42 bits per heavy atom. The molecule has 3 aromatic rings. The monoisotopic (exact) mass is 333 g/mol. The van der Waals surface area contributed by atoms with Gasteiger partial charge in [-0.2, -0.15) is 0 Å². The quantitative estimate of drug-likeness (QED) is 0.559. The lowest BCUT2D eigenvalue weighted by Gasteiger charge is -2.31. The number of benzene rings is 2. The van der Waals surface area contributed by atoms with Crippen molar-refractivity contribution < 1.29 is 0 Å². The van der Waals surface area contributed by atoms with Crippen molar-refractivity contribution in [1.82, 2.24) is 4.98 Å². The van der Waals surface area contributed by atoms with Gasteiger partial charge >= 0.3 is 0 Å². The highest BCUT2D eigenvalue weighted by molar-refractivity contribution is 5.85. The number of allylic oxidation sites excluding steroid dienone is 5. The van der Waals surface area contributed by atoms with Gasteiger partial charge in [0.15, 0.2) is 0 Å². The van der Waals surface area contributed by atoms with E-state index in [1.54, 1.807) is 0 Å². The van der Waals surface area contributed by atoms with Crippen molar-refractivity contribution in [3.8, 4) is 11.3 Å². The van der Waals surface area contributed by atoms with E-state index < -0.39 is 0 Å². The summed E-state index contributed by atoms with van der Waals surface area (Å²) in [6.07, 6.45) is 13.2. The molecule has 0 saturated carbocycles. The predicted molar refractivity (Wildman–Crippen MR) is 108 cm³/mol. The van der Waals surface area contributed by atoms with E-state index in [9.17, 15) is 0 Å². The van der Waals surface area contributed by atoms with Crippen molar-refractivity contribution in [2.45, 2.75) is 5.92 Å². The molecule has 0 bridgehead atoms. The molecule has 0 spiro atoms. The molecule has 26 heavy (non-hydrogen) atoms. The zero-order valence-electron chi connectivity index (χ0n) is 14.4. The Labute approximate surface area is 154 Å². The van der Waals surface area contributed by atoms with Crippen molar-refractivity contribution in [3.05, 3.63) is 120 Å². The van der Waals surface area contributed by atoms with E-state index in [0.29, 0.717) is 11.8 Å². The Balaban J connectivity index is 1.70. The second-order valence-corrected chi connectivity index (χ2v) is 6.84. The van der Waals surface area contributed by atoms with Gasteiger partial charge in [-0.05, 0) is 40.5 Å². The van der Waals surface area contributed by atoms with Crippen LogP contribution in [0.5, 0.6) is 0 Å². The number of hydrogen-bond acceptors (Lipinski definition) is 1. The summed E-state index contributed by atoms with van der Waals surface area (Å²) in [7, 11) is 0. The molecular formula is C25H19N. The fourth-order valence-corrected chi connectivity index (χ4v) is 4.02. The van der Waals surface area contributed by atoms with Gasteiger partial charge in [0.2, 0.25) is 0 Å². The smallest absolute Gasteiger partial charge is 0.0702 e. The predicted octanol–water partition coefficient (Wildman–Crippen LogP) is 6.02. The number of hydrogen-bond donors (Lipinski definition) is 0. The third kappa shape index (κ3) is 2.53. The first-order chi connectivity index (χ1) is 12.9. The van der Waals surface area contributed by atoms with E-state index in [4.69, 9.17) is 0 Å². The molecule has 1 heterocycles. The van der Waals surface area contributed by atoms with Gasteiger partial charge in [-0.3, -0.25) is 4.98 Å². The van der Waals surface area contributed by atoms with Gasteiger partial charge in [-0.1, -0.05) is 78.9 Å². The molecule has 1 nitrogen and oxygen atoms in total. The Morgan fingerprint density at radius 2 is 1.58 bits per heavy atom. The molecule has 0 fully saturated rings. The summed E-state index contributed by atoms with van der Waals surface area (Å²) in [5.74, 6) is 0.799. The van der Waals surface area contributed by atoms with Gasteiger partial charge in [0, 0.05) is 23.6 Å². The topological polar surface area (TPSA) is 12.9 Å². The molecule has 1 aromatic heterocycles. The summed E-state index contributed by atoms with van der Waals surface area (Å²) < 4.78 is 0. The van der Waals surface area contributed by atoms with Crippen molar-refractivity contribution in [3.63, 3.8) is 0 Å². The molecule has 2 aliphatic carbocycles. The highest BCUT2D eigenvalue weighted by Crippen LogP contribution is 2.44. The number of fused-ring (bicyclic) bond motifs is 3. The van der Waals surface area contributed by atoms with Crippen LogP contribution in [-0.4, -0.2) is 4.98 Å². The molecule has 5 rings (SSSR count). The van der Waals surface area contributed by atoms with Crippen molar-refractivity contribution in [2.24, 2.45) is 5.92 Å². The third-order valence-corrected chi connectivity index (χ3v) is 5.28. The molecule has 124 valence electrons. The van der Waals surface area contributed by atoms with Crippen LogP contribution < -0.4 is 0 Å². The summed E-state index contributed by atoms with van der Waals surface area (Å²) in [6, 6.07) is 23.6. The van der Waals surface area contributed by atoms with Crippen LogP contribution >= 0.6 is 0 Å². The van der Waals surface area contributed by atoms with Crippen LogP contribution in [0.4, 0.5) is 0 Å². The minimum atomic E-state index is 0.395. The Kier molecular flexibility index (Phi) is 3.64. The first-order valence-electron chi connectivity index (χ1n) is 9.08. The second kappa shape index (κ2) is 6.27. The van der Waals surface area contributed by atoms with E-state index in [1.165, 1.54) is 27.8 Å². The van der Waals surface area contributed by atoms with Crippen molar-refractivity contribution in [2.75, 3.05) is 0 Å². The minimum Gasteiger partial charge on any atom is -0.256 e. The van der Waals surface area contributed by atoms with Gasteiger partial charge < -0.3 is 0 Å². The fraction of sp³-hybridized carbons (Fsp3) is 0.0800. The largest absolute Gasteiger partial charge is 0.256 e. The van der Waals surface area contributed by atoms with E-state index in [1.807, 2.05) is 18.3 Å². The summed E-state index contributed by atoms with van der Waals surface area (Å²) in [5.41, 5.74) is 7.53. The first kappa shape index (κ1) is 15.1. The second-order valence-electron chi connectivity index (χ2n) is 6.84. The van der Waals surface area contributed by atoms with Crippen LogP contribution in [0, 0.1) is 5.92 Å². The molecule has 2 unspecified atom stereocenters. The van der Waals surface area contributed by atoms with Crippen LogP contribution in [0.25, 0.3) is 16.8 Å². The molecule has 0 N–H and O–H groups in total. The number of rotatable bonds is 2. The number of nitrogens with zero attached hydrogens (tertiary/aromatic N) is 1. The molecule has 0 radical (unpaired) electrons. The van der Waals surface area contributed by atoms with Crippen molar-refractivity contribution >= 4 is 5.57 Å². The van der Waals surface area contributed by atoms with Crippen LogP contribution in [0.3, 0.4) is 0 Å². The minimum absolute atomic E-state index is 0.395. The molecule has 1 heteroatoms. The number of pyridine rings is 1. The summed E-state index contributed by atoms with van der Waals surface area (Å²) in [4.78, 5) is 4.53. The van der Waals surface area contributed by atoms with Gasteiger partial charge in [-0.25, -0.2) is 0 Å².